The molecule has 0 aliphatic carbocycles. The van der Waals surface area contributed by atoms with Crippen LogP contribution in [0, 0.1) is 5.92 Å². The van der Waals surface area contributed by atoms with Crippen LogP contribution in [0.5, 0.6) is 0 Å². The van der Waals surface area contributed by atoms with Gasteiger partial charge in [-0.3, -0.25) is 9.80 Å². The van der Waals surface area contributed by atoms with Gasteiger partial charge in [0.15, 0.2) is 0 Å². The van der Waals surface area contributed by atoms with Crippen LogP contribution in [-0.2, 0) is 13.0 Å². The van der Waals surface area contributed by atoms with Crippen molar-refractivity contribution in [3.05, 3.63) is 29.4 Å². The van der Waals surface area contributed by atoms with E-state index in [1.54, 1.807) is 0 Å². The van der Waals surface area contributed by atoms with Crippen LogP contribution in [0.1, 0.15) is 58.0 Å². The van der Waals surface area contributed by atoms with Crippen LogP contribution in [-0.4, -0.2) is 52.0 Å². The molecule has 2 bridgehead atoms. The molecule has 134 valence electrons. The van der Waals surface area contributed by atoms with Crippen LogP contribution in [0.15, 0.2) is 17.8 Å². The van der Waals surface area contributed by atoms with E-state index in [1.807, 2.05) is 0 Å². The lowest BCUT2D eigenvalue weighted by atomic mass is 9.95. The highest BCUT2D eigenvalue weighted by atomic mass is 15.3. The maximum atomic E-state index is 4.56. The fraction of sp³-hybridized carbons (Fsp3) is 0.750. The van der Waals surface area contributed by atoms with Crippen molar-refractivity contribution in [3.63, 3.8) is 0 Å². The number of hydrogen-bond donors (Lipinski definition) is 1. The van der Waals surface area contributed by atoms with Crippen molar-refractivity contribution in [1.82, 2.24) is 19.8 Å². The summed E-state index contributed by atoms with van der Waals surface area (Å²) in [6.45, 7) is 12.5. The second-order valence-corrected chi connectivity index (χ2v) is 7.99. The minimum absolute atomic E-state index is 0.724. The van der Waals surface area contributed by atoms with E-state index in [2.05, 4.69) is 52.8 Å². The second kappa shape index (κ2) is 8.30. The number of nitrogens with one attached hydrogen (secondary N) is 1. The number of fused-ring (bicyclic) bond motifs is 4. The molecule has 0 unspecified atom stereocenters. The van der Waals surface area contributed by atoms with Gasteiger partial charge in [0.05, 0.1) is 0 Å². The van der Waals surface area contributed by atoms with E-state index < -0.39 is 0 Å². The lowest BCUT2D eigenvalue weighted by Crippen LogP contribution is -2.43. The maximum absolute atomic E-state index is 4.56. The highest BCUT2D eigenvalue weighted by molar-refractivity contribution is 5.03. The fourth-order valence-corrected chi connectivity index (χ4v) is 4.13. The van der Waals surface area contributed by atoms with Crippen molar-refractivity contribution in [2.45, 2.75) is 65.5 Å². The van der Waals surface area contributed by atoms with Crippen LogP contribution < -0.4 is 0 Å². The zero-order valence-corrected chi connectivity index (χ0v) is 15.7. The molecule has 0 amide bonds. The molecule has 1 aromatic heterocycles. The number of nitrogens with zero attached hydrogens (tertiary/aromatic N) is 3. The first kappa shape index (κ1) is 17.7. The Morgan fingerprint density at radius 2 is 2.17 bits per heavy atom. The van der Waals surface area contributed by atoms with Crippen LogP contribution in [0.25, 0.3) is 0 Å². The summed E-state index contributed by atoms with van der Waals surface area (Å²) in [7, 11) is 0. The molecule has 4 heteroatoms. The smallest absolute Gasteiger partial charge is 0.106 e. The molecule has 3 aliphatic rings. The molecule has 0 radical (unpaired) electrons. The molecular formula is C20H34N4. The van der Waals surface area contributed by atoms with E-state index in [-0.39, 0.29) is 0 Å². The van der Waals surface area contributed by atoms with Crippen molar-refractivity contribution in [2.24, 2.45) is 5.92 Å². The molecule has 3 fully saturated rings. The number of piperidine rings is 1. The Kier molecular flexibility index (Phi) is 6.12. The Morgan fingerprint density at radius 3 is 2.96 bits per heavy atom. The summed E-state index contributed by atoms with van der Waals surface area (Å²) in [5.41, 5.74) is 2.72. The minimum atomic E-state index is 0.724. The molecule has 4 rings (SSSR count). The average molecular weight is 331 g/mol. The van der Waals surface area contributed by atoms with Gasteiger partial charge in [0.25, 0.3) is 0 Å². The van der Waals surface area contributed by atoms with Gasteiger partial charge in [0, 0.05) is 57.1 Å². The summed E-state index contributed by atoms with van der Waals surface area (Å²) in [6, 6.07) is 0.724. The normalized spacial score (nSPS) is 25.0. The molecule has 2 atom stereocenters. The van der Waals surface area contributed by atoms with Crippen LogP contribution >= 0.6 is 0 Å². The van der Waals surface area contributed by atoms with Crippen molar-refractivity contribution in [3.8, 4) is 0 Å². The molecule has 4 nitrogen and oxygen atoms in total. The zero-order valence-electron chi connectivity index (χ0n) is 15.7. The van der Waals surface area contributed by atoms with Gasteiger partial charge in [-0.2, -0.15) is 0 Å². The van der Waals surface area contributed by atoms with Crippen LogP contribution in [0.4, 0.5) is 0 Å². The lowest BCUT2D eigenvalue weighted by molar-refractivity contribution is 0.146. The highest BCUT2D eigenvalue weighted by Gasteiger charge is 2.34. The Balaban J connectivity index is 1.58. The Labute approximate surface area is 147 Å². The number of allylic oxidation sites excluding steroid dienone is 1. The summed E-state index contributed by atoms with van der Waals surface area (Å²) in [6.07, 6.45) is 10.7. The molecule has 0 aromatic carbocycles. The Hall–Kier alpha value is -1.13. The highest BCUT2D eigenvalue weighted by Crippen LogP contribution is 2.28. The molecule has 1 aromatic rings. The van der Waals surface area contributed by atoms with E-state index >= 15 is 0 Å². The summed E-state index contributed by atoms with van der Waals surface area (Å²) >= 11 is 0. The molecule has 3 saturated heterocycles. The lowest BCUT2D eigenvalue weighted by Gasteiger charge is -2.35. The van der Waals surface area contributed by atoms with Crippen molar-refractivity contribution < 1.29 is 0 Å². The number of imidazole rings is 1. The van der Waals surface area contributed by atoms with Crippen LogP contribution in [0.3, 0.4) is 0 Å². The largest absolute Gasteiger partial charge is 0.345 e. The van der Waals surface area contributed by atoms with Gasteiger partial charge >= 0.3 is 0 Å². The third-order valence-electron chi connectivity index (χ3n) is 5.48. The molecule has 3 aliphatic heterocycles. The van der Waals surface area contributed by atoms with Gasteiger partial charge in [-0.15, -0.1) is 0 Å². The summed E-state index contributed by atoms with van der Waals surface area (Å²) in [4.78, 5) is 13.5. The summed E-state index contributed by atoms with van der Waals surface area (Å²) in [5, 5.41) is 0. The maximum Gasteiger partial charge on any atom is 0.106 e. The van der Waals surface area contributed by atoms with E-state index in [0.717, 1.165) is 37.3 Å². The number of aryl methyl sites for hydroxylation is 1. The Morgan fingerprint density at radius 1 is 1.29 bits per heavy atom. The fourth-order valence-electron chi connectivity index (χ4n) is 4.13. The SMILES string of the molecule is CCCCc1ncc(CN2C[C@@H]3CC[C@H](C2)N(CC=C(C)C)C3)[nH]1. The third-order valence-corrected chi connectivity index (χ3v) is 5.48. The first-order valence-corrected chi connectivity index (χ1v) is 9.76. The van der Waals surface area contributed by atoms with Gasteiger partial charge < -0.3 is 4.98 Å². The molecule has 24 heavy (non-hydrogen) atoms. The topological polar surface area (TPSA) is 35.2 Å². The Bertz CT molecular complexity index is 544. The number of H-pyrrole nitrogens is 1. The number of unbranched alkanes of at least 4 members (excludes halogenated alkanes) is 1. The van der Waals surface area contributed by atoms with E-state index in [1.165, 1.54) is 56.6 Å². The van der Waals surface area contributed by atoms with Crippen LogP contribution in [0.2, 0.25) is 0 Å². The summed E-state index contributed by atoms with van der Waals surface area (Å²) in [5.74, 6) is 1.99. The first-order chi connectivity index (χ1) is 11.6. The van der Waals surface area contributed by atoms with Gasteiger partial charge in [-0.05, 0) is 39.0 Å². The standard InChI is InChI=1S/C20H34N4/c1-4-5-6-20-21-11-18(22-20)14-23-12-17-7-8-19(15-23)24(13-17)10-9-16(2)3/h9,11,17,19H,4-8,10,12-15H2,1-3H3,(H,21,22)/t17-,19+/m0/s1. The average Bonchev–Trinajstić information content (AvgIpc) is 2.81. The third kappa shape index (κ3) is 4.70. The first-order valence-electron chi connectivity index (χ1n) is 9.76. The number of aromatic amines is 1. The second-order valence-electron chi connectivity index (χ2n) is 7.99. The molecular weight excluding hydrogens is 296 g/mol. The van der Waals surface area contributed by atoms with Gasteiger partial charge in [0.1, 0.15) is 5.82 Å². The predicted molar refractivity (Wildman–Crippen MR) is 100.0 cm³/mol. The van der Waals surface area contributed by atoms with Gasteiger partial charge in [-0.1, -0.05) is 25.0 Å². The van der Waals surface area contributed by atoms with Gasteiger partial charge in [0.2, 0.25) is 0 Å². The molecule has 0 saturated carbocycles. The van der Waals surface area contributed by atoms with Crippen molar-refractivity contribution in [2.75, 3.05) is 26.2 Å². The van der Waals surface area contributed by atoms with Crippen molar-refractivity contribution >= 4 is 0 Å². The van der Waals surface area contributed by atoms with Crippen molar-refractivity contribution in [1.29, 1.82) is 0 Å². The number of aromatic nitrogens is 2. The molecule has 1 N–H and O–H groups in total. The monoisotopic (exact) mass is 330 g/mol. The quantitative estimate of drug-likeness (QED) is 0.776. The molecule has 0 spiro atoms. The number of rotatable bonds is 7. The minimum Gasteiger partial charge on any atom is -0.345 e. The van der Waals surface area contributed by atoms with E-state index in [4.69, 9.17) is 0 Å². The van der Waals surface area contributed by atoms with E-state index in [0.29, 0.717) is 0 Å². The number of hydrogen-bond acceptors (Lipinski definition) is 3. The van der Waals surface area contributed by atoms with Gasteiger partial charge in [-0.25, -0.2) is 4.98 Å². The van der Waals surface area contributed by atoms with E-state index in [9.17, 15) is 0 Å². The zero-order chi connectivity index (χ0) is 16.9. The molecule has 4 heterocycles. The predicted octanol–water partition coefficient (Wildman–Crippen LogP) is 3.61. The summed E-state index contributed by atoms with van der Waals surface area (Å²) < 4.78 is 0.